The first-order valence-electron chi connectivity index (χ1n) is 10.3. The van der Waals surface area contributed by atoms with Gasteiger partial charge in [-0.05, 0) is 5.56 Å². The van der Waals surface area contributed by atoms with Gasteiger partial charge in [-0.2, -0.15) is 21.6 Å². The van der Waals surface area contributed by atoms with Gasteiger partial charge in [-0.3, -0.25) is 4.18 Å². The van der Waals surface area contributed by atoms with Crippen molar-refractivity contribution in [1.82, 2.24) is 0 Å². The first-order valence-corrected chi connectivity index (χ1v) is 11.8. The summed E-state index contributed by atoms with van der Waals surface area (Å²) in [6.45, 7) is -0.155. The van der Waals surface area contributed by atoms with Crippen LogP contribution in [-0.2, 0) is 44.6 Å². The van der Waals surface area contributed by atoms with Crippen molar-refractivity contribution in [2.45, 2.75) is 49.1 Å². The number of methoxy groups -OCH3 is 1. The average Bonchev–Trinajstić information content (AvgIpc) is 2.83. The molecule has 0 aliphatic carbocycles. The van der Waals surface area contributed by atoms with Gasteiger partial charge in [-0.15, -0.1) is 0 Å². The summed E-state index contributed by atoms with van der Waals surface area (Å²) >= 11 is 0. The Morgan fingerprint density at radius 2 is 1.62 bits per heavy atom. The van der Waals surface area contributed by atoms with E-state index in [1.807, 2.05) is 0 Å². The lowest BCUT2D eigenvalue weighted by Crippen LogP contribution is -2.64. The SMILES string of the molecule is CO[C@H]1O[C@@H]2COC(c3ccccc3)O[C@@H]2[C@H](OS(=O)(=O)C(F)(F)F)[C@H]1OCc1ccccc1. The molecule has 2 saturated heterocycles. The second kappa shape index (κ2) is 10.3. The molecule has 4 rings (SSSR count). The number of benzene rings is 2. The fraction of sp³-hybridized carbons (Fsp3) is 0.455. The highest BCUT2D eigenvalue weighted by Gasteiger charge is 2.57. The largest absolute Gasteiger partial charge is 0.523 e. The Bertz CT molecular complexity index is 1030. The molecule has 2 fully saturated rings. The van der Waals surface area contributed by atoms with E-state index in [1.165, 1.54) is 7.11 Å². The van der Waals surface area contributed by atoms with Crippen LogP contribution in [0.1, 0.15) is 17.4 Å². The van der Waals surface area contributed by atoms with Crippen LogP contribution in [0.4, 0.5) is 13.2 Å². The van der Waals surface area contributed by atoms with E-state index in [1.54, 1.807) is 60.7 Å². The quantitative estimate of drug-likeness (QED) is 0.419. The van der Waals surface area contributed by atoms with Crippen LogP contribution >= 0.6 is 0 Å². The Hall–Kier alpha value is -2.06. The van der Waals surface area contributed by atoms with Crippen molar-refractivity contribution >= 4 is 10.1 Å². The van der Waals surface area contributed by atoms with E-state index in [2.05, 4.69) is 0 Å². The van der Waals surface area contributed by atoms with Crippen molar-refractivity contribution < 1.29 is 49.5 Å². The Balaban J connectivity index is 1.64. The monoisotopic (exact) mass is 504 g/mol. The van der Waals surface area contributed by atoms with E-state index in [-0.39, 0.29) is 13.2 Å². The fourth-order valence-corrected chi connectivity index (χ4v) is 4.39. The van der Waals surface area contributed by atoms with E-state index < -0.39 is 52.6 Å². The van der Waals surface area contributed by atoms with Gasteiger partial charge in [-0.1, -0.05) is 60.7 Å². The number of halogens is 3. The minimum atomic E-state index is -5.99. The van der Waals surface area contributed by atoms with Gasteiger partial charge in [0.1, 0.15) is 24.4 Å². The first-order chi connectivity index (χ1) is 16.2. The molecule has 1 unspecified atom stereocenters. The zero-order valence-electron chi connectivity index (χ0n) is 18.0. The zero-order chi connectivity index (χ0) is 24.3. The molecule has 0 bridgehead atoms. The normalized spacial score (nSPS) is 30.0. The number of hydrogen-bond acceptors (Lipinski definition) is 8. The average molecular weight is 504 g/mol. The number of rotatable bonds is 7. The highest BCUT2D eigenvalue weighted by molar-refractivity contribution is 7.87. The molecule has 2 aromatic rings. The molecule has 186 valence electrons. The molecule has 0 amide bonds. The highest BCUT2D eigenvalue weighted by Crippen LogP contribution is 2.39. The number of ether oxygens (including phenoxy) is 5. The van der Waals surface area contributed by atoms with Gasteiger partial charge in [0.25, 0.3) is 0 Å². The van der Waals surface area contributed by atoms with Crippen LogP contribution in [0.3, 0.4) is 0 Å². The maximum absolute atomic E-state index is 13.2. The van der Waals surface area contributed by atoms with Crippen molar-refractivity contribution in [3.8, 4) is 0 Å². The molecule has 2 aromatic carbocycles. The molecule has 0 spiro atoms. The molecule has 8 nitrogen and oxygen atoms in total. The smallest absolute Gasteiger partial charge is 0.365 e. The van der Waals surface area contributed by atoms with Crippen molar-refractivity contribution in [1.29, 1.82) is 0 Å². The predicted molar refractivity (Wildman–Crippen MR) is 111 cm³/mol. The van der Waals surface area contributed by atoms with Gasteiger partial charge in [0, 0.05) is 12.7 Å². The summed E-state index contributed by atoms with van der Waals surface area (Å²) in [7, 11) is -4.73. The minimum Gasteiger partial charge on any atom is -0.365 e. The molecule has 0 radical (unpaired) electrons. The summed E-state index contributed by atoms with van der Waals surface area (Å²) in [6, 6.07) is 17.5. The third-order valence-corrected chi connectivity index (χ3v) is 6.44. The van der Waals surface area contributed by atoms with Gasteiger partial charge in [0.05, 0.1) is 13.2 Å². The Morgan fingerprint density at radius 3 is 2.24 bits per heavy atom. The summed E-state index contributed by atoms with van der Waals surface area (Å²) in [5, 5.41) is 0. The van der Waals surface area contributed by atoms with Gasteiger partial charge in [0.2, 0.25) is 0 Å². The van der Waals surface area contributed by atoms with Crippen molar-refractivity contribution in [3.63, 3.8) is 0 Å². The molecule has 34 heavy (non-hydrogen) atoms. The summed E-state index contributed by atoms with van der Waals surface area (Å²) in [6.07, 6.45) is -7.52. The molecule has 2 aliphatic heterocycles. The van der Waals surface area contributed by atoms with Crippen LogP contribution in [0.5, 0.6) is 0 Å². The lowest BCUT2D eigenvalue weighted by Gasteiger charge is -2.48. The van der Waals surface area contributed by atoms with Gasteiger partial charge in [-0.25, -0.2) is 0 Å². The van der Waals surface area contributed by atoms with Crippen LogP contribution in [0.2, 0.25) is 0 Å². The minimum absolute atomic E-state index is 0.0589. The van der Waals surface area contributed by atoms with Crippen LogP contribution < -0.4 is 0 Å². The number of hydrogen-bond donors (Lipinski definition) is 0. The molecule has 12 heteroatoms. The lowest BCUT2D eigenvalue weighted by atomic mass is 9.97. The summed E-state index contributed by atoms with van der Waals surface area (Å²) in [5.74, 6) is 0. The summed E-state index contributed by atoms with van der Waals surface area (Å²) in [5.41, 5.74) is -4.35. The van der Waals surface area contributed by atoms with E-state index in [0.29, 0.717) is 11.1 Å². The highest BCUT2D eigenvalue weighted by atomic mass is 32.2. The van der Waals surface area contributed by atoms with Crippen LogP contribution in [0, 0.1) is 0 Å². The summed E-state index contributed by atoms with van der Waals surface area (Å²) in [4.78, 5) is 0. The van der Waals surface area contributed by atoms with Crippen LogP contribution in [0.15, 0.2) is 60.7 Å². The Kier molecular flexibility index (Phi) is 7.57. The van der Waals surface area contributed by atoms with Crippen LogP contribution in [-0.4, -0.2) is 58.3 Å². The molecule has 0 saturated carbocycles. The first kappa shape index (κ1) is 25.0. The van der Waals surface area contributed by atoms with E-state index >= 15 is 0 Å². The molecule has 0 aromatic heterocycles. The Morgan fingerprint density at radius 1 is 0.971 bits per heavy atom. The zero-order valence-corrected chi connectivity index (χ0v) is 18.8. The van der Waals surface area contributed by atoms with Crippen LogP contribution in [0.25, 0.3) is 0 Å². The number of fused-ring (bicyclic) bond motifs is 1. The molecular weight excluding hydrogens is 481 g/mol. The van der Waals surface area contributed by atoms with Gasteiger partial charge < -0.3 is 23.7 Å². The lowest BCUT2D eigenvalue weighted by molar-refractivity contribution is -0.360. The van der Waals surface area contributed by atoms with Crippen molar-refractivity contribution in [3.05, 3.63) is 71.8 Å². The number of alkyl halides is 3. The van der Waals surface area contributed by atoms with E-state index in [4.69, 9.17) is 27.9 Å². The third kappa shape index (κ3) is 5.43. The predicted octanol–water partition coefficient (Wildman–Crippen LogP) is 3.29. The maximum atomic E-state index is 13.2. The van der Waals surface area contributed by atoms with E-state index in [9.17, 15) is 21.6 Å². The van der Waals surface area contributed by atoms with Crippen molar-refractivity contribution in [2.75, 3.05) is 13.7 Å². The molecule has 2 aliphatic rings. The van der Waals surface area contributed by atoms with Crippen molar-refractivity contribution in [2.24, 2.45) is 0 Å². The fourth-order valence-electron chi connectivity index (χ4n) is 3.77. The maximum Gasteiger partial charge on any atom is 0.523 e. The molecule has 2 heterocycles. The van der Waals surface area contributed by atoms with E-state index in [0.717, 1.165) is 0 Å². The second-order valence-electron chi connectivity index (χ2n) is 7.68. The Labute approximate surface area is 194 Å². The molecule has 0 N–H and O–H groups in total. The molecule has 6 atom stereocenters. The standard InChI is InChI=1S/C22H23F3O8S/c1-28-21-19(29-12-14-8-4-2-5-9-14)18(33-34(26,27)22(23,24)25)17-16(31-21)13-30-20(32-17)15-10-6-3-7-11-15/h2-11,16-21H,12-13H2,1H3/t16-,17+,18+,19-,20?,21+/m1/s1. The van der Waals surface area contributed by atoms with Gasteiger partial charge in [0.15, 0.2) is 12.6 Å². The third-order valence-electron chi connectivity index (χ3n) is 5.39. The second-order valence-corrected chi connectivity index (χ2v) is 9.24. The molecular formula is C22H23F3O8S. The topological polar surface area (TPSA) is 89.5 Å². The van der Waals surface area contributed by atoms with Gasteiger partial charge >= 0.3 is 15.6 Å². The summed E-state index contributed by atoms with van der Waals surface area (Å²) < 4.78 is 96.8.